The number of alkyl halides is 3. The number of aromatic nitrogens is 4. The molecule has 0 aliphatic rings. The van der Waals surface area contributed by atoms with Gasteiger partial charge in [0.25, 0.3) is 5.91 Å². The predicted octanol–water partition coefficient (Wildman–Crippen LogP) is 3.38. The van der Waals surface area contributed by atoms with Gasteiger partial charge < -0.3 is 15.6 Å². The maximum absolute atomic E-state index is 12.4. The van der Waals surface area contributed by atoms with Gasteiger partial charge in [-0.3, -0.25) is 14.3 Å². The van der Waals surface area contributed by atoms with E-state index in [0.717, 1.165) is 5.56 Å². The van der Waals surface area contributed by atoms with Crippen molar-refractivity contribution in [2.45, 2.75) is 45.5 Å². The summed E-state index contributed by atoms with van der Waals surface area (Å²) in [5.74, 6) is -0.428. The highest BCUT2D eigenvalue weighted by atomic mass is 19.4. The lowest BCUT2D eigenvalue weighted by atomic mass is 9.95. The molecule has 0 saturated heterocycles. The summed E-state index contributed by atoms with van der Waals surface area (Å²) in [4.78, 5) is 31.8. The highest BCUT2D eigenvalue weighted by Crippen LogP contribution is 2.26. The number of benzene rings is 1. The molecule has 0 aliphatic heterocycles. The molecule has 1 aromatic carbocycles. The van der Waals surface area contributed by atoms with E-state index in [0.29, 0.717) is 22.6 Å². The molecule has 2 aromatic heterocycles. The van der Waals surface area contributed by atoms with Crippen LogP contribution in [-0.4, -0.2) is 37.7 Å². The molecule has 3 N–H and O–H groups in total. The number of imidazole rings is 1. The van der Waals surface area contributed by atoms with Crippen LogP contribution in [0.3, 0.4) is 0 Å². The van der Waals surface area contributed by atoms with Crippen LogP contribution in [0.5, 0.6) is 0 Å². The molecule has 0 fully saturated rings. The van der Waals surface area contributed by atoms with Gasteiger partial charge in [-0.05, 0) is 29.7 Å². The zero-order valence-corrected chi connectivity index (χ0v) is 18.0. The predicted molar refractivity (Wildman–Crippen MR) is 111 cm³/mol. The molecule has 172 valence electrons. The Balaban J connectivity index is 1.70. The third kappa shape index (κ3) is 5.86. The van der Waals surface area contributed by atoms with Crippen LogP contribution in [-0.2, 0) is 18.4 Å². The number of nitrogens with zero attached hydrogens (tertiary/aromatic N) is 3. The zero-order chi connectivity index (χ0) is 23.5. The largest absolute Gasteiger partial charge is 0.389 e. The van der Waals surface area contributed by atoms with Crippen molar-refractivity contribution in [2.24, 2.45) is 13.0 Å². The molecule has 0 bridgehead atoms. The molecule has 2 heterocycles. The SMILES string of the molecule is CC(C)C(NC(=O)CCC(F)(F)F)c1ccc2nc(CNC(=O)c3ccnn3C)[nH]c2c1. The Labute approximate surface area is 182 Å². The summed E-state index contributed by atoms with van der Waals surface area (Å²) in [7, 11) is 1.67. The third-order valence-corrected chi connectivity index (χ3v) is 5.00. The van der Waals surface area contributed by atoms with Crippen LogP contribution in [0.2, 0.25) is 0 Å². The number of carbonyl (C=O) groups excluding carboxylic acids is 2. The number of nitrogens with one attached hydrogen (secondary N) is 3. The second-order valence-electron chi connectivity index (χ2n) is 7.89. The average molecular weight is 450 g/mol. The van der Waals surface area contributed by atoms with E-state index in [1.54, 1.807) is 25.2 Å². The normalized spacial score (nSPS) is 12.8. The van der Waals surface area contributed by atoms with E-state index >= 15 is 0 Å². The van der Waals surface area contributed by atoms with E-state index in [1.165, 1.54) is 10.9 Å². The van der Waals surface area contributed by atoms with E-state index in [-0.39, 0.29) is 18.4 Å². The highest BCUT2D eigenvalue weighted by Gasteiger charge is 2.29. The molecular weight excluding hydrogens is 425 g/mol. The topological polar surface area (TPSA) is 105 Å². The Hall–Kier alpha value is -3.37. The first-order valence-corrected chi connectivity index (χ1v) is 10.1. The zero-order valence-electron chi connectivity index (χ0n) is 18.0. The van der Waals surface area contributed by atoms with Gasteiger partial charge in [0.15, 0.2) is 0 Å². The van der Waals surface area contributed by atoms with Crippen molar-refractivity contribution in [1.29, 1.82) is 0 Å². The van der Waals surface area contributed by atoms with E-state index < -0.39 is 31.0 Å². The maximum atomic E-state index is 12.4. The fraction of sp³-hybridized carbons (Fsp3) is 0.429. The number of halogens is 3. The van der Waals surface area contributed by atoms with Crippen LogP contribution >= 0.6 is 0 Å². The van der Waals surface area contributed by atoms with Gasteiger partial charge in [0.2, 0.25) is 5.91 Å². The Kier molecular flexibility index (Phi) is 6.85. The molecule has 11 heteroatoms. The maximum Gasteiger partial charge on any atom is 0.389 e. The Morgan fingerprint density at radius 1 is 1.22 bits per heavy atom. The number of H-pyrrole nitrogens is 1. The highest BCUT2D eigenvalue weighted by molar-refractivity contribution is 5.92. The Morgan fingerprint density at radius 3 is 2.59 bits per heavy atom. The van der Waals surface area contributed by atoms with Crippen LogP contribution in [0.1, 0.15) is 54.6 Å². The third-order valence-electron chi connectivity index (χ3n) is 5.00. The van der Waals surface area contributed by atoms with Gasteiger partial charge in [-0.15, -0.1) is 0 Å². The van der Waals surface area contributed by atoms with Gasteiger partial charge >= 0.3 is 6.18 Å². The van der Waals surface area contributed by atoms with E-state index in [9.17, 15) is 22.8 Å². The minimum atomic E-state index is -4.37. The number of hydrogen-bond acceptors (Lipinski definition) is 4. The molecule has 0 aliphatic carbocycles. The molecule has 8 nitrogen and oxygen atoms in total. The van der Waals surface area contributed by atoms with Crippen molar-refractivity contribution in [3.8, 4) is 0 Å². The number of hydrogen-bond donors (Lipinski definition) is 3. The Morgan fingerprint density at radius 2 is 1.97 bits per heavy atom. The smallest absolute Gasteiger partial charge is 0.349 e. The molecule has 32 heavy (non-hydrogen) atoms. The number of rotatable bonds is 8. The first kappa shape index (κ1) is 23.3. The molecular formula is C21H25F3N6O2. The fourth-order valence-electron chi connectivity index (χ4n) is 3.34. The molecule has 0 radical (unpaired) electrons. The Bertz CT molecular complexity index is 1100. The number of amides is 2. The summed E-state index contributed by atoms with van der Waals surface area (Å²) in [6.07, 6.45) is -4.61. The van der Waals surface area contributed by atoms with Crippen molar-refractivity contribution in [3.63, 3.8) is 0 Å². The van der Waals surface area contributed by atoms with Crippen LogP contribution in [0, 0.1) is 5.92 Å². The van der Waals surface area contributed by atoms with Gasteiger partial charge in [-0.1, -0.05) is 19.9 Å². The van der Waals surface area contributed by atoms with Crippen molar-refractivity contribution in [3.05, 3.63) is 47.5 Å². The summed E-state index contributed by atoms with van der Waals surface area (Å²) in [5, 5.41) is 9.43. The second-order valence-corrected chi connectivity index (χ2v) is 7.89. The molecule has 1 atom stereocenters. The molecule has 0 saturated carbocycles. The summed E-state index contributed by atoms with van der Waals surface area (Å²) in [5.41, 5.74) is 2.54. The van der Waals surface area contributed by atoms with Gasteiger partial charge in [-0.2, -0.15) is 18.3 Å². The summed E-state index contributed by atoms with van der Waals surface area (Å²) >= 11 is 0. The van der Waals surface area contributed by atoms with Gasteiger partial charge in [0, 0.05) is 19.7 Å². The molecule has 2 amide bonds. The lowest BCUT2D eigenvalue weighted by Crippen LogP contribution is -2.32. The molecule has 3 rings (SSSR count). The van der Waals surface area contributed by atoms with E-state index in [4.69, 9.17) is 0 Å². The quantitative estimate of drug-likeness (QED) is 0.489. The van der Waals surface area contributed by atoms with Crippen LogP contribution < -0.4 is 10.6 Å². The van der Waals surface area contributed by atoms with Crippen molar-refractivity contribution >= 4 is 22.8 Å². The first-order chi connectivity index (χ1) is 15.0. The number of aromatic amines is 1. The average Bonchev–Trinajstić information content (AvgIpc) is 3.33. The summed E-state index contributed by atoms with van der Waals surface area (Å²) in [6, 6.07) is 6.52. The van der Waals surface area contributed by atoms with Gasteiger partial charge in [0.05, 0.1) is 30.0 Å². The molecule has 1 unspecified atom stereocenters. The minimum Gasteiger partial charge on any atom is -0.349 e. The number of aryl methyl sites for hydroxylation is 1. The van der Waals surface area contributed by atoms with E-state index in [1.807, 2.05) is 19.9 Å². The van der Waals surface area contributed by atoms with Crippen LogP contribution in [0.25, 0.3) is 11.0 Å². The monoisotopic (exact) mass is 450 g/mol. The van der Waals surface area contributed by atoms with Crippen LogP contribution in [0.15, 0.2) is 30.5 Å². The van der Waals surface area contributed by atoms with Crippen molar-refractivity contribution in [1.82, 2.24) is 30.4 Å². The number of carbonyl (C=O) groups is 2. The first-order valence-electron chi connectivity index (χ1n) is 10.1. The lowest BCUT2D eigenvalue weighted by Gasteiger charge is -2.23. The minimum absolute atomic E-state index is 0.0390. The van der Waals surface area contributed by atoms with Crippen molar-refractivity contribution < 1.29 is 22.8 Å². The number of fused-ring (bicyclic) bond motifs is 1. The molecule has 3 aromatic rings. The second kappa shape index (κ2) is 9.41. The molecule has 0 spiro atoms. The summed E-state index contributed by atoms with van der Waals surface area (Å²) < 4.78 is 38.7. The standard InChI is InChI=1S/C21H25F3N6O2/c1-12(2)19(29-18(31)6-8-21(22,23)24)13-4-5-14-15(10-13)28-17(27-14)11-25-20(32)16-7-9-26-30(16)3/h4-5,7,9-10,12,19H,6,8,11H2,1-3H3,(H,25,32)(H,27,28)(H,29,31). The summed E-state index contributed by atoms with van der Waals surface area (Å²) in [6.45, 7) is 3.94. The lowest BCUT2D eigenvalue weighted by molar-refractivity contribution is -0.144. The van der Waals surface area contributed by atoms with Gasteiger partial charge in [0.1, 0.15) is 11.5 Å². The van der Waals surface area contributed by atoms with E-state index in [2.05, 4.69) is 25.7 Å². The van der Waals surface area contributed by atoms with Crippen molar-refractivity contribution in [2.75, 3.05) is 0 Å². The fourth-order valence-corrected chi connectivity index (χ4v) is 3.34. The van der Waals surface area contributed by atoms with Crippen LogP contribution in [0.4, 0.5) is 13.2 Å². The van der Waals surface area contributed by atoms with Gasteiger partial charge in [-0.25, -0.2) is 4.98 Å².